The Morgan fingerprint density at radius 1 is 0.919 bits per heavy atom. The van der Waals surface area contributed by atoms with Gasteiger partial charge in [-0.2, -0.15) is 0 Å². The molecule has 0 saturated carbocycles. The first-order valence-corrected chi connectivity index (χ1v) is 14.5. The molecular weight excluding hydrogens is 554 g/mol. The second kappa shape index (κ2) is 12.4. The highest BCUT2D eigenvalue weighted by atomic mass is 79.9. The van der Waals surface area contributed by atoms with Crippen molar-refractivity contribution in [2.45, 2.75) is 32.9 Å². The third-order valence-electron chi connectivity index (χ3n) is 5.96. The zero-order valence-electron chi connectivity index (χ0n) is 21.4. The molecule has 2 amide bonds. The third-order valence-corrected chi connectivity index (χ3v) is 7.63. The molecule has 0 unspecified atom stereocenters. The van der Waals surface area contributed by atoms with Gasteiger partial charge in [-0.05, 0) is 60.4 Å². The van der Waals surface area contributed by atoms with Crippen molar-refractivity contribution < 1.29 is 18.0 Å². The summed E-state index contributed by atoms with van der Waals surface area (Å²) in [5, 5.41) is 2.67. The van der Waals surface area contributed by atoms with E-state index in [-0.39, 0.29) is 18.9 Å². The van der Waals surface area contributed by atoms with Crippen LogP contribution >= 0.6 is 15.9 Å². The second-order valence-electron chi connectivity index (χ2n) is 9.08. The standard InChI is InChI=1S/C28H32BrN3O4S/c1-20-14-21(2)16-25(15-20)32(37(4,35)36)19-27(33)31(18-23-10-12-24(29)13-11-23)26(28(34)30-3)17-22-8-6-5-7-9-22/h5-16,26H,17-19H2,1-4H3,(H,30,34)/t26-/m1/s1. The van der Waals surface area contributed by atoms with E-state index in [1.807, 2.05) is 74.5 Å². The van der Waals surface area contributed by atoms with E-state index in [1.54, 1.807) is 12.1 Å². The van der Waals surface area contributed by atoms with Crippen LogP contribution in [0.1, 0.15) is 22.3 Å². The van der Waals surface area contributed by atoms with E-state index < -0.39 is 28.5 Å². The van der Waals surface area contributed by atoms with Crippen LogP contribution in [-0.4, -0.2) is 51.0 Å². The summed E-state index contributed by atoms with van der Waals surface area (Å²) in [5.74, 6) is -0.802. The van der Waals surface area contributed by atoms with Crippen molar-refractivity contribution in [2.75, 3.05) is 24.2 Å². The summed E-state index contributed by atoms with van der Waals surface area (Å²) in [7, 11) is -2.26. The maximum Gasteiger partial charge on any atom is 0.244 e. The highest BCUT2D eigenvalue weighted by Gasteiger charge is 2.32. The fourth-order valence-corrected chi connectivity index (χ4v) is 5.31. The monoisotopic (exact) mass is 585 g/mol. The second-order valence-corrected chi connectivity index (χ2v) is 11.9. The number of halogens is 1. The molecule has 0 aliphatic rings. The Morgan fingerprint density at radius 3 is 2.05 bits per heavy atom. The molecule has 0 aliphatic heterocycles. The largest absolute Gasteiger partial charge is 0.357 e. The Hall–Kier alpha value is -3.17. The molecular formula is C28H32BrN3O4S. The summed E-state index contributed by atoms with van der Waals surface area (Å²) in [4.78, 5) is 28.5. The van der Waals surface area contributed by atoms with E-state index >= 15 is 0 Å². The fourth-order valence-electron chi connectivity index (χ4n) is 4.22. The molecule has 0 heterocycles. The number of nitrogens with zero attached hydrogens (tertiary/aromatic N) is 2. The van der Waals surface area contributed by atoms with E-state index in [0.29, 0.717) is 5.69 Å². The quantitative estimate of drug-likeness (QED) is 0.386. The molecule has 0 radical (unpaired) electrons. The van der Waals surface area contributed by atoms with Crippen LogP contribution in [-0.2, 0) is 32.6 Å². The summed E-state index contributed by atoms with van der Waals surface area (Å²) in [5.41, 5.74) is 3.89. The Bertz CT molecular complexity index is 1330. The van der Waals surface area contributed by atoms with Gasteiger partial charge < -0.3 is 10.2 Å². The molecule has 0 saturated heterocycles. The van der Waals surface area contributed by atoms with Crippen LogP contribution in [0, 0.1) is 13.8 Å². The lowest BCUT2D eigenvalue weighted by atomic mass is 10.0. The molecule has 0 aromatic heterocycles. The highest BCUT2D eigenvalue weighted by Crippen LogP contribution is 2.23. The molecule has 0 aliphatic carbocycles. The molecule has 3 aromatic rings. The van der Waals surface area contributed by atoms with Crippen molar-refractivity contribution >= 4 is 43.5 Å². The first-order chi connectivity index (χ1) is 17.5. The van der Waals surface area contributed by atoms with Gasteiger partial charge >= 0.3 is 0 Å². The SMILES string of the molecule is CNC(=O)[C@@H](Cc1ccccc1)N(Cc1ccc(Br)cc1)C(=O)CN(c1cc(C)cc(C)c1)S(C)(=O)=O. The van der Waals surface area contributed by atoms with Gasteiger partial charge in [0, 0.05) is 24.5 Å². The lowest BCUT2D eigenvalue weighted by Gasteiger charge is -2.33. The average Bonchev–Trinajstić information content (AvgIpc) is 2.84. The Balaban J connectivity index is 2.03. The Kier molecular flexibility index (Phi) is 9.50. The summed E-state index contributed by atoms with van der Waals surface area (Å²) < 4.78 is 27.7. The molecule has 1 N–H and O–H groups in total. The maximum atomic E-state index is 13.9. The number of likely N-dealkylation sites (N-methyl/N-ethyl adjacent to an activating group) is 1. The Labute approximate surface area is 227 Å². The van der Waals surface area contributed by atoms with Crippen LogP contribution in [0.25, 0.3) is 0 Å². The number of aryl methyl sites for hydroxylation is 2. The molecule has 0 fully saturated rings. The van der Waals surface area contributed by atoms with Crippen LogP contribution in [0.2, 0.25) is 0 Å². The summed E-state index contributed by atoms with van der Waals surface area (Å²) >= 11 is 3.42. The summed E-state index contributed by atoms with van der Waals surface area (Å²) in [6, 6.07) is 21.5. The highest BCUT2D eigenvalue weighted by molar-refractivity contribution is 9.10. The van der Waals surface area contributed by atoms with Gasteiger partial charge in [-0.3, -0.25) is 13.9 Å². The number of benzene rings is 3. The minimum Gasteiger partial charge on any atom is -0.357 e. The first kappa shape index (κ1) is 28.4. The van der Waals surface area contributed by atoms with Gasteiger partial charge in [0.1, 0.15) is 12.6 Å². The number of hydrogen-bond donors (Lipinski definition) is 1. The van der Waals surface area contributed by atoms with Crippen molar-refractivity contribution in [2.24, 2.45) is 0 Å². The molecule has 37 heavy (non-hydrogen) atoms. The van der Waals surface area contributed by atoms with Crippen LogP contribution < -0.4 is 9.62 Å². The van der Waals surface area contributed by atoms with Gasteiger partial charge in [-0.25, -0.2) is 8.42 Å². The zero-order valence-corrected chi connectivity index (χ0v) is 23.8. The van der Waals surface area contributed by atoms with Gasteiger partial charge in [0.05, 0.1) is 11.9 Å². The van der Waals surface area contributed by atoms with Crippen LogP contribution in [0.15, 0.2) is 77.3 Å². The molecule has 0 spiro atoms. The van der Waals surface area contributed by atoms with Gasteiger partial charge in [0.15, 0.2) is 0 Å². The van der Waals surface area contributed by atoms with Gasteiger partial charge in [-0.1, -0.05) is 64.5 Å². The number of carbonyl (C=O) groups is 2. The average molecular weight is 587 g/mol. The molecule has 9 heteroatoms. The van der Waals surface area contributed by atoms with Crippen LogP contribution in [0.4, 0.5) is 5.69 Å². The lowest BCUT2D eigenvalue weighted by molar-refractivity contribution is -0.139. The smallest absolute Gasteiger partial charge is 0.244 e. The minimum absolute atomic E-state index is 0.140. The molecule has 7 nitrogen and oxygen atoms in total. The number of anilines is 1. The van der Waals surface area contributed by atoms with Gasteiger partial charge in [-0.15, -0.1) is 0 Å². The number of nitrogens with one attached hydrogen (secondary N) is 1. The van der Waals surface area contributed by atoms with Crippen molar-refractivity contribution in [3.8, 4) is 0 Å². The first-order valence-electron chi connectivity index (χ1n) is 11.8. The van der Waals surface area contributed by atoms with Gasteiger partial charge in [0.25, 0.3) is 0 Å². The normalized spacial score (nSPS) is 12.0. The number of hydrogen-bond acceptors (Lipinski definition) is 4. The molecule has 0 bridgehead atoms. The summed E-state index contributed by atoms with van der Waals surface area (Å²) in [6.45, 7) is 3.46. The van der Waals surface area contributed by atoms with E-state index in [2.05, 4.69) is 21.2 Å². The van der Waals surface area contributed by atoms with E-state index in [9.17, 15) is 18.0 Å². The van der Waals surface area contributed by atoms with Crippen LogP contribution in [0.3, 0.4) is 0 Å². The molecule has 3 aromatic carbocycles. The maximum absolute atomic E-state index is 13.9. The minimum atomic E-state index is -3.79. The fraction of sp³-hybridized carbons (Fsp3) is 0.286. The number of rotatable bonds is 10. The van der Waals surface area contributed by atoms with E-state index in [0.717, 1.165) is 37.3 Å². The van der Waals surface area contributed by atoms with Crippen molar-refractivity contribution in [1.29, 1.82) is 0 Å². The predicted octanol–water partition coefficient (Wildman–Crippen LogP) is 4.22. The Morgan fingerprint density at radius 2 is 1.51 bits per heavy atom. The van der Waals surface area contributed by atoms with Crippen molar-refractivity contribution in [3.05, 3.63) is 99.5 Å². The molecule has 196 valence electrons. The van der Waals surface area contributed by atoms with Crippen molar-refractivity contribution in [1.82, 2.24) is 10.2 Å². The van der Waals surface area contributed by atoms with E-state index in [4.69, 9.17) is 0 Å². The van der Waals surface area contributed by atoms with Gasteiger partial charge in [0.2, 0.25) is 21.8 Å². The predicted molar refractivity (Wildman–Crippen MR) is 151 cm³/mol. The molecule has 1 atom stereocenters. The third kappa shape index (κ3) is 7.90. The number of carbonyl (C=O) groups excluding carboxylic acids is 2. The topological polar surface area (TPSA) is 86.8 Å². The molecule has 3 rings (SSSR count). The number of sulfonamides is 1. The lowest BCUT2D eigenvalue weighted by Crippen LogP contribution is -2.52. The summed E-state index contributed by atoms with van der Waals surface area (Å²) in [6.07, 6.45) is 1.36. The van der Waals surface area contributed by atoms with Crippen molar-refractivity contribution in [3.63, 3.8) is 0 Å². The van der Waals surface area contributed by atoms with Crippen LogP contribution in [0.5, 0.6) is 0 Å². The number of amides is 2. The zero-order chi connectivity index (χ0) is 27.2. The van der Waals surface area contributed by atoms with E-state index in [1.165, 1.54) is 11.9 Å².